The van der Waals surface area contributed by atoms with Crippen molar-refractivity contribution in [2.75, 3.05) is 14.2 Å². The van der Waals surface area contributed by atoms with E-state index in [4.69, 9.17) is 9.47 Å². The summed E-state index contributed by atoms with van der Waals surface area (Å²) in [7, 11) is 2.91. The number of hydrogen-bond acceptors (Lipinski definition) is 8. The maximum atomic E-state index is 12.4. The molecule has 8 heteroatoms. The van der Waals surface area contributed by atoms with E-state index in [9.17, 15) is 30.0 Å². The van der Waals surface area contributed by atoms with E-state index in [1.165, 1.54) is 74.9 Å². The van der Waals surface area contributed by atoms with Crippen molar-refractivity contribution in [1.29, 1.82) is 0 Å². The van der Waals surface area contributed by atoms with Crippen LogP contribution in [0.3, 0.4) is 0 Å². The lowest BCUT2D eigenvalue weighted by molar-refractivity contribution is 0.103. The summed E-state index contributed by atoms with van der Waals surface area (Å²) in [5.74, 6) is -1.42. The highest BCUT2D eigenvalue weighted by Gasteiger charge is 2.11. The van der Waals surface area contributed by atoms with Crippen molar-refractivity contribution in [2.24, 2.45) is 0 Å². The van der Waals surface area contributed by atoms with Gasteiger partial charge in [0.15, 0.2) is 34.6 Å². The summed E-state index contributed by atoms with van der Waals surface area (Å²) < 4.78 is 10.8. The highest BCUT2D eigenvalue weighted by molar-refractivity contribution is 6.08. The fourth-order valence-corrected chi connectivity index (χ4v) is 3.08. The molecular weight excluding hydrogens is 440 g/mol. The molecule has 3 aromatic carbocycles. The van der Waals surface area contributed by atoms with Crippen molar-refractivity contribution in [3.63, 3.8) is 0 Å². The van der Waals surface area contributed by atoms with E-state index in [2.05, 4.69) is 0 Å². The van der Waals surface area contributed by atoms with Crippen molar-refractivity contribution in [1.82, 2.24) is 0 Å². The van der Waals surface area contributed by atoms with E-state index >= 15 is 0 Å². The number of phenols is 4. The average molecular weight is 462 g/mol. The Morgan fingerprint density at radius 3 is 1.32 bits per heavy atom. The predicted octanol–water partition coefficient (Wildman–Crippen LogP) is 4.32. The Kier molecular flexibility index (Phi) is 7.23. The molecule has 0 saturated heterocycles. The number of phenolic OH excluding ortho intramolecular Hbond substituents is 4. The molecule has 0 aliphatic heterocycles. The van der Waals surface area contributed by atoms with Crippen molar-refractivity contribution in [2.45, 2.75) is 0 Å². The number of hydrogen-bond donors (Lipinski definition) is 4. The van der Waals surface area contributed by atoms with Crippen LogP contribution in [-0.4, -0.2) is 46.2 Å². The molecule has 0 fully saturated rings. The quantitative estimate of drug-likeness (QED) is 0.221. The van der Waals surface area contributed by atoms with Crippen LogP contribution in [0.25, 0.3) is 12.2 Å². The van der Waals surface area contributed by atoms with E-state index in [0.29, 0.717) is 22.6 Å². The van der Waals surface area contributed by atoms with Gasteiger partial charge >= 0.3 is 0 Å². The number of carbonyl (C=O) groups is 2. The topological polar surface area (TPSA) is 134 Å². The van der Waals surface area contributed by atoms with Crippen LogP contribution in [0, 0.1) is 0 Å². The summed E-state index contributed by atoms with van der Waals surface area (Å²) in [5.41, 5.74) is 1.44. The van der Waals surface area contributed by atoms with Gasteiger partial charge in [-0.3, -0.25) is 9.59 Å². The van der Waals surface area contributed by atoms with Gasteiger partial charge in [0.05, 0.1) is 14.2 Å². The summed E-state index contributed by atoms with van der Waals surface area (Å²) >= 11 is 0. The Balaban J connectivity index is 1.87. The monoisotopic (exact) mass is 462 g/mol. The van der Waals surface area contributed by atoms with Gasteiger partial charge in [-0.1, -0.05) is 0 Å². The van der Waals surface area contributed by atoms with Gasteiger partial charge in [0.2, 0.25) is 0 Å². The fourth-order valence-electron chi connectivity index (χ4n) is 3.08. The fraction of sp³-hybridized carbons (Fsp3) is 0.0769. The molecule has 0 atom stereocenters. The third-order valence-corrected chi connectivity index (χ3v) is 4.93. The third kappa shape index (κ3) is 5.36. The number of rotatable bonds is 8. The number of ether oxygens (including phenoxy) is 2. The second-order valence-electron chi connectivity index (χ2n) is 7.14. The van der Waals surface area contributed by atoms with Gasteiger partial charge in [-0.15, -0.1) is 0 Å². The molecular formula is C26H22O8. The van der Waals surface area contributed by atoms with Crippen LogP contribution in [0.2, 0.25) is 0 Å². The lowest BCUT2D eigenvalue weighted by Gasteiger charge is -2.11. The highest BCUT2D eigenvalue weighted by atomic mass is 16.5. The number of aromatic hydroxyl groups is 4. The number of benzene rings is 3. The molecule has 4 N–H and O–H groups in total. The van der Waals surface area contributed by atoms with Crippen molar-refractivity contribution >= 4 is 23.7 Å². The molecule has 3 rings (SSSR count). The summed E-state index contributed by atoms with van der Waals surface area (Å²) in [6.07, 6.45) is 5.62. The van der Waals surface area contributed by atoms with Gasteiger partial charge in [-0.05, 0) is 72.8 Å². The number of ketones is 2. The standard InChI is InChI=1S/C26H22O8/c1-33-25-13-18(6-8-20(28)16-4-10-22(30)24(32)12-16)26(34-2)14-17(25)5-7-19(27)15-3-9-21(29)23(31)11-15/h3-14,29-32H,1-2H3/b7-5+,8-6+. The van der Waals surface area contributed by atoms with Gasteiger partial charge < -0.3 is 29.9 Å². The van der Waals surface area contributed by atoms with E-state index in [0.717, 1.165) is 0 Å². The van der Waals surface area contributed by atoms with Crippen LogP contribution in [0.1, 0.15) is 31.8 Å². The second-order valence-corrected chi connectivity index (χ2v) is 7.14. The van der Waals surface area contributed by atoms with Crippen LogP contribution in [0.5, 0.6) is 34.5 Å². The van der Waals surface area contributed by atoms with Crippen LogP contribution in [-0.2, 0) is 0 Å². The first kappa shape index (κ1) is 23.9. The maximum Gasteiger partial charge on any atom is 0.185 e. The predicted molar refractivity (Wildman–Crippen MR) is 126 cm³/mol. The molecule has 0 radical (unpaired) electrons. The van der Waals surface area contributed by atoms with Crippen molar-refractivity contribution in [3.8, 4) is 34.5 Å². The van der Waals surface area contributed by atoms with E-state index in [1.807, 2.05) is 0 Å². The first-order valence-corrected chi connectivity index (χ1v) is 9.98. The molecule has 0 bridgehead atoms. The molecule has 0 amide bonds. The first-order chi connectivity index (χ1) is 16.2. The first-order valence-electron chi connectivity index (χ1n) is 9.98. The Labute approximate surface area is 195 Å². The highest BCUT2D eigenvalue weighted by Crippen LogP contribution is 2.32. The second kappa shape index (κ2) is 10.3. The van der Waals surface area contributed by atoms with Crippen LogP contribution in [0.4, 0.5) is 0 Å². The zero-order chi connectivity index (χ0) is 24.8. The Hall–Kier alpha value is -4.72. The van der Waals surface area contributed by atoms with Gasteiger partial charge in [0.25, 0.3) is 0 Å². The Bertz CT molecular complexity index is 1200. The maximum absolute atomic E-state index is 12.4. The average Bonchev–Trinajstić information content (AvgIpc) is 2.84. The number of allylic oxidation sites excluding steroid dienone is 2. The zero-order valence-electron chi connectivity index (χ0n) is 18.4. The normalized spacial score (nSPS) is 11.1. The van der Waals surface area contributed by atoms with Crippen molar-refractivity contribution < 1.29 is 39.5 Å². The molecule has 0 aromatic heterocycles. The van der Waals surface area contributed by atoms with Gasteiger partial charge in [0.1, 0.15) is 11.5 Å². The lowest BCUT2D eigenvalue weighted by atomic mass is 10.0. The lowest BCUT2D eigenvalue weighted by Crippen LogP contribution is -1.97. The summed E-state index contributed by atoms with van der Waals surface area (Å²) in [5, 5.41) is 38.0. The molecule has 8 nitrogen and oxygen atoms in total. The molecule has 0 saturated carbocycles. The molecule has 0 aliphatic rings. The van der Waals surface area contributed by atoms with Crippen LogP contribution >= 0.6 is 0 Å². The summed E-state index contributed by atoms with van der Waals surface area (Å²) in [4.78, 5) is 24.9. The minimum absolute atomic E-state index is 0.191. The number of methoxy groups -OCH3 is 2. The van der Waals surface area contributed by atoms with Crippen LogP contribution in [0.15, 0.2) is 60.7 Å². The SMILES string of the molecule is COc1cc(/C=C/C(=O)c2ccc(O)c(O)c2)c(OC)cc1/C=C/C(=O)c1ccc(O)c(O)c1. The Morgan fingerprint density at radius 2 is 1.00 bits per heavy atom. The molecule has 0 spiro atoms. The minimum Gasteiger partial charge on any atom is -0.504 e. The summed E-state index contributed by atoms with van der Waals surface area (Å²) in [6, 6.07) is 10.8. The molecule has 0 heterocycles. The molecule has 0 aliphatic carbocycles. The smallest absolute Gasteiger partial charge is 0.185 e. The van der Waals surface area contributed by atoms with Gasteiger partial charge in [-0.25, -0.2) is 0 Å². The molecule has 3 aromatic rings. The van der Waals surface area contributed by atoms with Crippen LogP contribution < -0.4 is 9.47 Å². The summed E-state index contributed by atoms with van der Waals surface area (Å²) in [6.45, 7) is 0. The van der Waals surface area contributed by atoms with E-state index in [1.54, 1.807) is 12.1 Å². The van der Waals surface area contributed by atoms with Crippen molar-refractivity contribution in [3.05, 3.63) is 82.9 Å². The largest absolute Gasteiger partial charge is 0.504 e. The molecule has 0 unspecified atom stereocenters. The zero-order valence-corrected chi connectivity index (χ0v) is 18.4. The minimum atomic E-state index is -0.400. The third-order valence-electron chi connectivity index (χ3n) is 4.93. The Morgan fingerprint density at radius 1 is 0.618 bits per heavy atom. The molecule has 174 valence electrons. The van der Waals surface area contributed by atoms with E-state index in [-0.39, 0.29) is 22.6 Å². The van der Waals surface area contributed by atoms with E-state index < -0.39 is 23.1 Å². The molecule has 34 heavy (non-hydrogen) atoms. The van der Waals surface area contributed by atoms with Gasteiger partial charge in [0, 0.05) is 22.3 Å². The van der Waals surface area contributed by atoms with Gasteiger partial charge in [-0.2, -0.15) is 0 Å². The number of carbonyl (C=O) groups excluding carboxylic acids is 2.